The van der Waals surface area contributed by atoms with Crippen LogP contribution < -0.4 is 10.6 Å². The van der Waals surface area contributed by atoms with Crippen molar-refractivity contribution in [1.82, 2.24) is 0 Å². The average Bonchev–Trinajstić information content (AvgIpc) is 3.59. The van der Waals surface area contributed by atoms with E-state index in [0.717, 1.165) is 35.6 Å². The highest BCUT2D eigenvalue weighted by Gasteiger charge is 2.18. The third-order valence-corrected chi connectivity index (χ3v) is 17.3. The quantitative estimate of drug-likeness (QED) is 0.0624. The first-order chi connectivity index (χ1) is 39.1. The molecule has 0 spiro atoms. The van der Waals surface area contributed by atoms with E-state index >= 15 is 0 Å². The lowest BCUT2D eigenvalue weighted by Crippen LogP contribution is -1.96. The number of hydrogen-bond acceptors (Lipinski definition) is 2. The maximum absolute atomic E-state index is 3.74. The minimum absolute atomic E-state index is 0.596. The van der Waals surface area contributed by atoms with E-state index in [4.69, 9.17) is 0 Å². The van der Waals surface area contributed by atoms with Gasteiger partial charge in [0.25, 0.3) is 0 Å². The zero-order chi connectivity index (χ0) is 55.5. The van der Waals surface area contributed by atoms with E-state index in [1.54, 1.807) is 0 Å². The summed E-state index contributed by atoms with van der Waals surface area (Å²) in [6.07, 6.45) is 15.0. The first-order valence-electron chi connectivity index (χ1n) is 30.4. The van der Waals surface area contributed by atoms with Crippen molar-refractivity contribution in [2.75, 3.05) is 10.6 Å². The minimum atomic E-state index is 0.596. The molecule has 0 radical (unpaired) electrons. The molecule has 2 nitrogen and oxygen atoms in total. The summed E-state index contributed by atoms with van der Waals surface area (Å²) < 4.78 is 0. The Balaban J connectivity index is 0.849. The van der Waals surface area contributed by atoms with Crippen LogP contribution in [0.2, 0.25) is 0 Å². The van der Waals surface area contributed by atoms with E-state index in [2.05, 4.69) is 260 Å². The summed E-state index contributed by atoms with van der Waals surface area (Å²) in [6.45, 7) is 18.4. The van der Waals surface area contributed by atoms with Gasteiger partial charge in [-0.15, -0.1) is 0 Å². The molecule has 0 saturated heterocycles. The molecule has 0 aliphatic carbocycles. The van der Waals surface area contributed by atoms with Crippen molar-refractivity contribution < 1.29 is 0 Å². The topological polar surface area (TPSA) is 24.1 Å². The van der Waals surface area contributed by atoms with Gasteiger partial charge in [-0.2, -0.15) is 0 Å². The number of unbranched alkanes of at least 4 members (excludes halogenated alkanes) is 6. The third-order valence-electron chi connectivity index (χ3n) is 17.3. The number of rotatable bonds is 23. The number of anilines is 4. The Labute approximate surface area is 479 Å². The molecule has 2 atom stereocenters. The van der Waals surface area contributed by atoms with Crippen molar-refractivity contribution in [2.45, 2.75) is 144 Å². The van der Waals surface area contributed by atoms with Crippen molar-refractivity contribution >= 4 is 44.3 Å². The third kappa shape index (κ3) is 12.7. The highest BCUT2D eigenvalue weighted by Crippen LogP contribution is 2.43. The Morgan fingerprint density at radius 1 is 0.350 bits per heavy atom. The highest BCUT2D eigenvalue weighted by molar-refractivity contribution is 6.09. The number of nitrogens with one attached hydrogen (secondary N) is 2. The maximum atomic E-state index is 3.74. The fourth-order valence-corrected chi connectivity index (χ4v) is 12.4. The van der Waals surface area contributed by atoms with Crippen LogP contribution in [0.25, 0.3) is 77.2 Å². The molecule has 0 fully saturated rings. The van der Waals surface area contributed by atoms with Crippen LogP contribution in [0.15, 0.2) is 194 Å². The van der Waals surface area contributed by atoms with Gasteiger partial charge in [0.15, 0.2) is 0 Å². The predicted octanol–water partition coefficient (Wildman–Crippen LogP) is 23.7. The van der Waals surface area contributed by atoms with E-state index < -0.39 is 0 Å². The lowest BCUT2D eigenvalue weighted by molar-refractivity contribution is 0.580. The molecule has 2 heteroatoms. The second kappa shape index (κ2) is 26.1. The van der Waals surface area contributed by atoms with Crippen LogP contribution in [0.3, 0.4) is 0 Å². The van der Waals surface area contributed by atoms with Crippen LogP contribution in [0.4, 0.5) is 22.7 Å². The van der Waals surface area contributed by atoms with Gasteiger partial charge in [0.2, 0.25) is 0 Å². The van der Waals surface area contributed by atoms with Gasteiger partial charge in [-0.25, -0.2) is 0 Å². The van der Waals surface area contributed by atoms with Gasteiger partial charge in [-0.1, -0.05) is 226 Å². The average molecular weight is 1050 g/mol. The van der Waals surface area contributed by atoms with Gasteiger partial charge >= 0.3 is 0 Å². The molecule has 10 aromatic carbocycles. The van der Waals surface area contributed by atoms with E-state index in [0.29, 0.717) is 11.8 Å². The van der Waals surface area contributed by atoms with E-state index in [-0.39, 0.29) is 0 Å². The molecular weight excluding hydrogens is 965 g/mol. The van der Waals surface area contributed by atoms with Gasteiger partial charge in [0.1, 0.15) is 0 Å². The Morgan fingerprint density at radius 2 is 0.787 bits per heavy atom. The predicted molar refractivity (Wildman–Crippen MR) is 351 cm³/mol. The molecule has 2 N–H and O–H groups in total. The number of benzene rings is 10. The lowest BCUT2D eigenvalue weighted by atomic mass is 9.85. The zero-order valence-electron chi connectivity index (χ0n) is 49.1. The Bertz CT molecular complexity index is 3670. The monoisotopic (exact) mass is 1050 g/mol. The maximum Gasteiger partial charge on any atom is 0.0387 e. The molecule has 80 heavy (non-hydrogen) atoms. The molecule has 0 aromatic heterocycles. The van der Waals surface area contributed by atoms with E-state index in [1.165, 1.54) is 175 Å². The molecule has 0 aliphatic rings. The summed E-state index contributed by atoms with van der Waals surface area (Å²) in [5.74, 6) is 1.19. The van der Waals surface area contributed by atoms with Crippen molar-refractivity contribution in [2.24, 2.45) is 0 Å². The standard InChI is InChI=1S/C78H84N2/c1-9-13-15-17-22-53(5)59-28-32-61(33-29-59)71-46-44-69(49-57(71)11-3)79-67-40-36-63(37-41-67)75-51-66-25-21-27-74(77(66)48-55(75)7)78-56(8)76(52-65-24-19-20-26-73(65)78)64-38-42-68(43-39-64)80-70-45-47-72(58(12-4)50-70)62-34-30-60(31-35-62)54(6)23-18-16-14-10-2/h19-21,24-54,79-80H,9-18,22-23H2,1-8H3. The minimum Gasteiger partial charge on any atom is -0.356 e. The fourth-order valence-electron chi connectivity index (χ4n) is 12.4. The number of aryl methyl sites for hydroxylation is 3. The summed E-state index contributed by atoms with van der Waals surface area (Å²) in [7, 11) is 0. The van der Waals surface area contributed by atoms with E-state index in [9.17, 15) is 0 Å². The normalized spacial score (nSPS) is 12.2. The summed E-state index contributed by atoms with van der Waals surface area (Å²) >= 11 is 0. The second-order valence-corrected chi connectivity index (χ2v) is 22.9. The molecule has 0 saturated carbocycles. The smallest absolute Gasteiger partial charge is 0.0387 e. The summed E-state index contributed by atoms with van der Waals surface area (Å²) in [4.78, 5) is 0. The molecule has 10 rings (SSSR count). The summed E-state index contributed by atoms with van der Waals surface area (Å²) in [6, 6.07) is 73.3. The van der Waals surface area contributed by atoms with Crippen LogP contribution in [0.5, 0.6) is 0 Å². The van der Waals surface area contributed by atoms with Crippen LogP contribution in [0.1, 0.15) is 151 Å². The Kier molecular flexibility index (Phi) is 18.1. The summed E-state index contributed by atoms with van der Waals surface area (Å²) in [5.41, 5.74) is 25.3. The second-order valence-electron chi connectivity index (χ2n) is 22.9. The molecule has 2 unspecified atom stereocenters. The van der Waals surface area contributed by atoms with Crippen LogP contribution >= 0.6 is 0 Å². The molecule has 406 valence electrons. The SMILES string of the molecule is CCCCCCC(C)c1ccc(-c2ccc(Nc3ccc(-c4cc5cccc(-c6c(C)c(-c7ccc(Nc8ccc(-c9ccc(C(C)CCCCCC)cc9)c(CC)c8)cc7)cc7ccccc67)c5cc4C)cc3)cc2CC)cc1. The molecule has 0 heterocycles. The lowest BCUT2D eigenvalue weighted by Gasteiger charge is -2.19. The Morgan fingerprint density at radius 3 is 1.30 bits per heavy atom. The van der Waals surface area contributed by atoms with Gasteiger partial charge in [0, 0.05) is 22.7 Å². The van der Waals surface area contributed by atoms with Crippen molar-refractivity contribution in [3.8, 4) is 55.6 Å². The van der Waals surface area contributed by atoms with Crippen molar-refractivity contribution in [3.63, 3.8) is 0 Å². The van der Waals surface area contributed by atoms with Gasteiger partial charge in [-0.05, 0) is 223 Å². The molecule has 0 amide bonds. The molecule has 0 bridgehead atoms. The van der Waals surface area contributed by atoms with Crippen LogP contribution in [0, 0.1) is 13.8 Å². The summed E-state index contributed by atoms with van der Waals surface area (Å²) in [5, 5.41) is 12.5. The van der Waals surface area contributed by atoms with Crippen LogP contribution in [-0.4, -0.2) is 0 Å². The Hall–Kier alpha value is -7.68. The van der Waals surface area contributed by atoms with Crippen molar-refractivity contribution in [1.29, 1.82) is 0 Å². The van der Waals surface area contributed by atoms with Gasteiger partial charge in [-0.3, -0.25) is 0 Å². The van der Waals surface area contributed by atoms with E-state index in [1.807, 2.05) is 0 Å². The largest absolute Gasteiger partial charge is 0.356 e. The van der Waals surface area contributed by atoms with Crippen molar-refractivity contribution in [3.05, 3.63) is 228 Å². The first kappa shape index (κ1) is 55.6. The number of fused-ring (bicyclic) bond motifs is 2. The first-order valence-corrected chi connectivity index (χ1v) is 30.4. The van der Waals surface area contributed by atoms with Crippen LogP contribution in [-0.2, 0) is 12.8 Å². The number of hydrogen-bond donors (Lipinski definition) is 2. The molecular formula is C78H84N2. The fraction of sp³-hybridized carbons (Fsp3) is 0.282. The zero-order valence-corrected chi connectivity index (χ0v) is 49.1. The van der Waals surface area contributed by atoms with Gasteiger partial charge < -0.3 is 10.6 Å². The molecule has 0 aliphatic heterocycles. The van der Waals surface area contributed by atoms with Gasteiger partial charge in [0.05, 0.1) is 0 Å². The molecule has 10 aromatic rings. The highest BCUT2D eigenvalue weighted by atomic mass is 14.9.